The number of methoxy groups -OCH3 is 1. The number of rotatable bonds is 3. The monoisotopic (exact) mass is 250 g/mol. The third-order valence-corrected chi connectivity index (χ3v) is 3.67. The number of aliphatic hydroxyl groups is 1. The van der Waals surface area contributed by atoms with Gasteiger partial charge in [0.2, 0.25) is 0 Å². The lowest BCUT2D eigenvalue weighted by atomic mass is 9.94. The zero-order chi connectivity index (χ0) is 12.5. The molecular formula is C12H14N2O2S. The Bertz CT molecular complexity index is 523. The predicted octanol–water partition coefficient (Wildman–Crippen LogP) is 1.99. The highest BCUT2D eigenvalue weighted by Gasteiger charge is 2.30. The number of hydrogen-bond acceptors (Lipinski definition) is 5. The van der Waals surface area contributed by atoms with Gasteiger partial charge in [-0.15, -0.1) is 0 Å². The SMILES string of the molecule is COc1ccccc1[C@@](C)(O)c1cnc(N)s1. The van der Waals surface area contributed by atoms with Crippen molar-refractivity contribution < 1.29 is 9.84 Å². The number of nitrogens with two attached hydrogens (primary N) is 1. The fourth-order valence-electron chi connectivity index (χ4n) is 1.69. The van der Waals surface area contributed by atoms with Crippen LogP contribution >= 0.6 is 11.3 Å². The highest BCUT2D eigenvalue weighted by Crippen LogP contribution is 2.37. The van der Waals surface area contributed by atoms with E-state index in [1.165, 1.54) is 11.3 Å². The topological polar surface area (TPSA) is 68.4 Å². The van der Waals surface area contributed by atoms with Gasteiger partial charge in [0.1, 0.15) is 11.4 Å². The molecule has 0 aliphatic heterocycles. The molecule has 1 aromatic carbocycles. The molecule has 0 fully saturated rings. The molecule has 3 N–H and O–H groups in total. The summed E-state index contributed by atoms with van der Waals surface area (Å²) in [6.07, 6.45) is 1.59. The number of ether oxygens (including phenoxy) is 1. The number of benzene rings is 1. The first kappa shape index (κ1) is 11.9. The number of nitrogen functional groups attached to an aromatic ring is 1. The first-order valence-corrected chi connectivity index (χ1v) is 5.95. The van der Waals surface area contributed by atoms with Crippen molar-refractivity contribution in [1.29, 1.82) is 0 Å². The van der Waals surface area contributed by atoms with E-state index in [2.05, 4.69) is 4.98 Å². The van der Waals surface area contributed by atoms with Gasteiger partial charge in [0.15, 0.2) is 5.13 Å². The lowest BCUT2D eigenvalue weighted by Gasteiger charge is -2.23. The third kappa shape index (κ3) is 2.11. The van der Waals surface area contributed by atoms with Crippen LogP contribution < -0.4 is 10.5 Å². The summed E-state index contributed by atoms with van der Waals surface area (Å²) in [7, 11) is 1.58. The average molecular weight is 250 g/mol. The largest absolute Gasteiger partial charge is 0.496 e. The van der Waals surface area contributed by atoms with E-state index in [1.807, 2.05) is 24.3 Å². The van der Waals surface area contributed by atoms with Crippen molar-refractivity contribution in [2.24, 2.45) is 0 Å². The molecule has 0 bridgehead atoms. The van der Waals surface area contributed by atoms with E-state index in [0.29, 0.717) is 21.3 Å². The highest BCUT2D eigenvalue weighted by molar-refractivity contribution is 7.15. The molecule has 1 atom stereocenters. The minimum Gasteiger partial charge on any atom is -0.496 e. The van der Waals surface area contributed by atoms with Crippen LogP contribution in [0.3, 0.4) is 0 Å². The third-order valence-electron chi connectivity index (χ3n) is 2.63. The second-order valence-corrected chi connectivity index (χ2v) is 4.90. The number of anilines is 1. The Morgan fingerprint density at radius 2 is 2.12 bits per heavy atom. The van der Waals surface area contributed by atoms with E-state index >= 15 is 0 Å². The molecule has 0 saturated carbocycles. The second-order valence-electron chi connectivity index (χ2n) is 3.84. The molecule has 0 amide bonds. The van der Waals surface area contributed by atoms with Gasteiger partial charge in [-0.2, -0.15) is 0 Å². The number of aromatic nitrogens is 1. The second kappa shape index (κ2) is 4.35. The summed E-state index contributed by atoms with van der Waals surface area (Å²) < 4.78 is 5.25. The van der Waals surface area contributed by atoms with Gasteiger partial charge in [-0.05, 0) is 13.0 Å². The Morgan fingerprint density at radius 1 is 1.41 bits per heavy atom. The van der Waals surface area contributed by atoms with E-state index in [1.54, 1.807) is 20.2 Å². The minimum atomic E-state index is -1.15. The van der Waals surface area contributed by atoms with Crippen molar-refractivity contribution in [2.75, 3.05) is 12.8 Å². The molecule has 1 heterocycles. The molecule has 2 rings (SSSR count). The van der Waals surface area contributed by atoms with Crippen molar-refractivity contribution in [1.82, 2.24) is 4.98 Å². The predicted molar refractivity (Wildman–Crippen MR) is 68.2 cm³/mol. The Kier molecular flexibility index (Phi) is 3.04. The molecule has 0 aliphatic carbocycles. The molecule has 0 unspecified atom stereocenters. The lowest BCUT2D eigenvalue weighted by Crippen LogP contribution is -2.22. The van der Waals surface area contributed by atoms with Gasteiger partial charge in [-0.25, -0.2) is 4.98 Å². The summed E-state index contributed by atoms with van der Waals surface area (Å²) in [6.45, 7) is 1.71. The van der Waals surface area contributed by atoms with Crippen LogP contribution in [0.15, 0.2) is 30.5 Å². The van der Waals surface area contributed by atoms with Crippen LogP contribution in [0.5, 0.6) is 5.75 Å². The van der Waals surface area contributed by atoms with Crippen molar-refractivity contribution >= 4 is 16.5 Å². The molecule has 90 valence electrons. The number of hydrogen-bond donors (Lipinski definition) is 2. The van der Waals surface area contributed by atoms with Crippen molar-refractivity contribution in [2.45, 2.75) is 12.5 Å². The van der Waals surface area contributed by atoms with Crippen LogP contribution in [0.4, 0.5) is 5.13 Å². The smallest absolute Gasteiger partial charge is 0.180 e. The minimum absolute atomic E-state index is 0.440. The van der Waals surface area contributed by atoms with Gasteiger partial charge in [0, 0.05) is 11.8 Å². The zero-order valence-corrected chi connectivity index (χ0v) is 10.5. The van der Waals surface area contributed by atoms with E-state index in [4.69, 9.17) is 10.5 Å². The maximum absolute atomic E-state index is 10.6. The van der Waals surface area contributed by atoms with E-state index in [-0.39, 0.29) is 0 Å². The number of para-hydroxylation sites is 1. The Morgan fingerprint density at radius 3 is 2.71 bits per heavy atom. The first-order chi connectivity index (χ1) is 8.05. The van der Waals surface area contributed by atoms with Crippen molar-refractivity contribution in [3.8, 4) is 5.75 Å². The molecule has 0 spiro atoms. The molecule has 2 aromatic rings. The Labute approximate surface area is 104 Å². The fraction of sp³-hybridized carbons (Fsp3) is 0.250. The molecule has 1 aromatic heterocycles. The summed E-state index contributed by atoms with van der Waals surface area (Å²) in [5, 5.41) is 11.1. The average Bonchev–Trinajstić information content (AvgIpc) is 2.76. The van der Waals surface area contributed by atoms with E-state index < -0.39 is 5.60 Å². The van der Waals surface area contributed by atoms with E-state index in [0.717, 1.165) is 0 Å². The van der Waals surface area contributed by atoms with Gasteiger partial charge in [0.25, 0.3) is 0 Å². The van der Waals surface area contributed by atoms with Gasteiger partial charge >= 0.3 is 0 Å². The van der Waals surface area contributed by atoms with Gasteiger partial charge < -0.3 is 15.6 Å². The number of nitrogens with zero attached hydrogens (tertiary/aromatic N) is 1. The Balaban J connectivity index is 2.50. The molecule has 0 aliphatic rings. The lowest BCUT2D eigenvalue weighted by molar-refractivity contribution is 0.103. The Hall–Kier alpha value is -1.59. The summed E-state index contributed by atoms with van der Waals surface area (Å²) in [4.78, 5) is 4.65. The van der Waals surface area contributed by atoms with Crippen molar-refractivity contribution in [3.63, 3.8) is 0 Å². The molecule has 0 saturated heterocycles. The van der Waals surface area contributed by atoms with Gasteiger partial charge in [-0.1, -0.05) is 29.5 Å². The maximum atomic E-state index is 10.6. The summed E-state index contributed by atoms with van der Waals surface area (Å²) in [5.41, 5.74) is 5.14. The van der Waals surface area contributed by atoms with Gasteiger partial charge in [0.05, 0.1) is 12.0 Å². The van der Waals surface area contributed by atoms with Crippen LogP contribution in [0.2, 0.25) is 0 Å². The fourth-order valence-corrected chi connectivity index (χ4v) is 2.44. The molecule has 4 nitrogen and oxygen atoms in total. The molecule has 17 heavy (non-hydrogen) atoms. The summed E-state index contributed by atoms with van der Waals surface area (Å²) >= 11 is 1.27. The molecule has 0 radical (unpaired) electrons. The first-order valence-electron chi connectivity index (χ1n) is 5.13. The summed E-state index contributed by atoms with van der Waals surface area (Å²) in [5.74, 6) is 0.643. The van der Waals surface area contributed by atoms with Crippen LogP contribution in [-0.4, -0.2) is 17.2 Å². The molecular weight excluding hydrogens is 236 g/mol. The van der Waals surface area contributed by atoms with Crippen LogP contribution in [-0.2, 0) is 5.60 Å². The van der Waals surface area contributed by atoms with E-state index in [9.17, 15) is 5.11 Å². The van der Waals surface area contributed by atoms with Crippen LogP contribution in [0.1, 0.15) is 17.4 Å². The maximum Gasteiger partial charge on any atom is 0.180 e. The zero-order valence-electron chi connectivity index (χ0n) is 9.68. The molecule has 5 heteroatoms. The quantitative estimate of drug-likeness (QED) is 0.874. The van der Waals surface area contributed by atoms with Crippen LogP contribution in [0.25, 0.3) is 0 Å². The van der Waals surface area contributed by atoms with Crippen LogP contribution in [0, 0.1) is 0 Å². The highest BCUT2D eigenvalue weighted by atomic mass is 32.1. The van der Waals surface area contributed by atoms with Crippen molar-refractivity contribution in [3.05, 3.63) is 40.9 Å². The normalized spacial score (nSPS) is 14.3. The summed E-state index contributed by atoms with van der Waals surface area (Å²) in [6, 6.07) is 7.36. The number of thiazole rings is 1. The standard InChI is InChI=1S/C12H14N2O2S/c1-12(15,10-7-14-11(13)17-10)8-5-3-4-6-9(8)16-2/h3-7,15H,1-2H3,(H2,13,14)/t12-/m1/s1. The van der Waals surface area contributed by atoms with Gasteiger partial charge in [-0.3, -0.25) is 0 Å².